The van der Waals surface area contributed by atoms with E-state index in [9.17, 15) is 13.6 Å². The SMILES string of the molecule is O=C(Nc1nncs1)C1CCN(c2cc(C(F)F)ncn2)CC1. The van der Waals surface area contributed by atoms with E-state index in [1.54, 1.807) is 5.51 Å². The Kier molecular flexibility index (Phi) is 4.70. The average Bonchev–Trinajstić information content (AvgIpc) is 3.08. The van der Waals surface area contributed by atoms with E-state index in [1.165, 1.54) is 17.4 Å². The third-order valence-electron chi connectivity index (χ3n) is 3.68. The van der Waals surface area contributed by atoms with Crippen molar-refractivity contribution in [2.45, 2.75) is 19.3 Å². The second-order valence-electron chi connectivity index (χ2n) is 5.10. The highest BCUT2D eigenvalue weighted by Gasteiger charge is 2.26. The van der Waals surface area contributed by atoms with Crippen molar-refractivity contribution in [3.63, 3.8) is 0 Å². The van der Waals surface area contributed by atoms with Gasteiger partial charge in [-0.25, -0.2) is 18.7 Å². The van der Waals surface area contributed by atoms with E-state index < -0.39 is 6.43 Å². The molecule has 3 heterocycles. The Labute approximate surface area is 134 Å². The van der Waals surface area contributed by atoms with Crippen molar-refractivity contribution in [3.8, 4) is 0 Å². The maximum atomic E-state index is 12.7. The first-order valence-corrected chi connectivity index (χ1v) is 7.93. The minimum absolute atomic E-state index is 0.0858. The van der Waals surface area contributed by atoms with Crippen LogP contribution in [0.5, 0.6) is 0 Å². The summed E-state index contributed by atoms with van der Waals surface area (Å²) >= 11 is 1.26. The van der Waals surface area contributed by atoms with Crippen LogP contribution < -0.4 is 10.2 Å². The van der Waals surface area contributed by atoms with Crippen molar-refractivity contribution in [2.75, 3.05) is 23.3 Å². The maximum Gasteiger partial charge on any atom is 0.280 e. The third-order valence-corrected chi connectivity index (χ3v) is 4.28. The molecule has 1 aliphatic rings. The fourth-order valence-electron chi connectivity index (χ4n) is 2.46. The number of halogens is 2. The van der Waals surface area contributed by atoms with Gasteiger partial charge in [-0.05, 0) is 12.8 Å². The second kappa shape index (κ2) is 6.90. The zero-order valence-corrected chi connectivity index (χ0v) is 12.8. The summed E-state index contributed by atoms with van der Waals surface area (Å²) in [5.74, 6) is 0.252. The molecular formula is C13H14F2N6OS. The van der Waals surface area contributed by atoms with Gasteiger partial charge in [0.25, 0.3) is 6.43 Å². The van der Waals surface area contributed by atoms with Crippen LogP contribution in [0.3, 0.4) is 0 Å². The summed E-state index contributed by atoms with van der Waals surface area (Å²) in [6.07, 6.45) is -0.227. The van der Waals surface area contributed by atoms with E-state index in [-0.39, 0.29) is 17.5 Å². The molecule has 23 heavy (non-hydrogen) atoms. The molecule has 122 valence electrons. The minimum Gasteiger partial charge on any atom is -0.356 e. The summed E-state index contributed by atoms with van der Waals surface area (Å²) in [5, 5.41) is 10.7. The van der Waals surface area contributed by atoms with Crippen molar-refractivity contribution >= 4 is 28.2 Å². The predicted molar refractivity (Wildman–Crippen MR) is 80.5 cm³/mol. The summed E-state index contributed by atoms with van der Waals surface area (Å²) in [6.45, 7) is 1.15. The number of nitrogens with zero attached hydrogens (tertiary/aromatic N) is 5. The highest BCUT2D eigenvalue weighted by Crippen LogP contribution is 2.25. The fraction of sp³-hybridized carbons (Fsp3) is 0.462. The van der Waals surface area contributed by atoms with Gasteiger partial charge in [0.15, 0.2) is 0 Å². The molecular weight excluding hydrogens is 326 g/mol. The summed E-state index contributed by atoms with van der Waals surface area (Å²) in [7, 11) is 0. The molecule has 10 heteroatoms. The number of nitrogens with one attached hydrogen (secondary N) is 1. The van der Waals surface area contributed by atoms with Gasteiger partial charge in [0, 0.05) is 25.1 Å². The number of hydrogen-bond acceptors (Lipinski definition) is 7. The van der Waals surface area contributed by atoms with Crippen LogP contribution in [0.1, 0.15) is 25.0 Å². The topological polar surface area (TPSA) is 83.9 Å². The summed E-state index contributed by atoms with van der Waals surface area (Å²) in [6, 6.07) is 1.30. The van der Waals surface area contributed by atoms with Gasteiger partial charge in [-0.2, -0.15) is 0 Å². The monoisotopic (exact) mass is 340 g/mol. The van der Waals surface area contributed by atoms with Crippen LogP contribution in [-0.2, 0) is 4.79 Å². The lowest BCUT2D eigenvalue weighted by Crippen LogP contribution is -2.38. The molecule has 1 saturated heterocycles. The number of aromatic nitrogens is 4. The van der Waals surface area contributed by atoms with Crippen LogP contribution in [0.4, 0.5) is 19.7 Å². The van der Waals surface area contributed by atoms with Gasteiger partial charge in [-0.15, -0.1) is 10.2 Å². The predicted octanol–water partition coefficient (Wildman–Crippen LogP) is 2.12. The fourth-order valence-corrected chi connectivity index (χ4v) is 2.91. The van der Waals surface area contributed by atoms with Crippen molar-refractivity contribution in [2.24, 2.45) is 5.92 Å². The Morgan fingerprint density at radius 1 is 1.35 bits per heavy atom. The summed E-state index contributed by atoms with van der Waals surface area (Å²) in [4.78, 5) is 21.6. The molecule has 0 aliphatic carbocycles. The van der Waals surface area contributed by atoms with Crippen LogP contribution in [-0.4, -0.2) is 39.2 Å². The number of alkyl halides is 2. The number of hydrogen-bond donors (Lipinski definition) is 1. The number of carbonyl (C=O) groups is 1. The van der Waals surface area contributed by atoms with E-state index in [0.29, 0.717) is 36.9 Å². The molecule has 0 spiro atoms. The normalized spacial score (nSPS) is 15.9. The highest BCUT2D eigenvalue weighted by atomic mass is 32.1. The average molecular weight is 340 g/mol. The van der Waals surface area contributed by atoms with Crippen LogP contribution >= 0.6 is 11.3 Å². The molecule has 0 saturated carbocycles. The molecule has 3 rings (SSSR count). The van der Waals surface area contributed by atoms with E-state index in [1.807, 2.05) is 4.90 Å². The van der Waals surface area contributed by atoms with Gasteiger partial charge < -0.3 is 10.2 Å². The van der Waals surface area contributed by atoms with Crippen LogP contribution in [0.25, 0.3) is 0 Å². The molecule has 0 aromatic carbocycles. The molecule has 0 radical (unpaired) electrons. The Morgan fingerprint density at radius 2 is 2.13 bits per heavy atom. The first-order valence-electron chi connectivity index (χ1n) is 7.05. The molecule has 0 atom stereocenters. The zero-order valence-electron chi connectivity index (χ0n) is 12.0. The second-order valence-corrected chi connectivity index (χ2v) is 5.93. The molecule has 1 amide bonds. The van der Waals surface area contributed by atoms with Crippen LogP contribution in [0, 0.1) is 5.92 Å². The quantitative estimate of drug-likeness (QED) is 0.918. The number of carbonyl (C=O) groups excluding carboxylic acids is 1. The first kappa shape index (κ1) is 15.7. The lowest BCUT2D eigenvalue weighted by molar-refractivity contribution is -0.120. The molecule has 2 aromatic heterocycles. The third kappa shape index (κ3) is 3.76. The summed E-state index contributed by atoms with van der Waals surface area (Å²) < 4.78 is 25.4. The van der Waals surface area contributed by atoms with Gasteiger partial charge in [0.2, 0.25) is 11.0 Å². The van der Waals surface area contributed by atoms with Crippen molar-refractivity contribution in [1.82, 2.24) is 20.2 Å². The standard InChI is InChI=1S/C13H14F2N6OS/c14-11(15)9-5-10(17-6-16-9)21-3-1-8(2-4-21)12(22)19-13-20-18-7-23-13/h5-8,11H,1-4H2,(H,19,20,22). The van der Waals surface area contributed by atoms with Crippen LogP contribution in [0.2, 0.25) is 0 Å². The van der Waals surface area contributed by atoms with E-state index in [2.05, 4.69) is 25.5 Å². The molecule has 0 unspecified atom stereocenters. The van der Waals surface area contributed by atoms with Crippen LogP contribution in [0.15, 0.2) is 17.9 Å². The molecule has 1 aliphatic heterocycles. The molecule has 1 fully saturated rings. The van der Waals surface area contributed by atoms with Gasteiger partial charge >= 0.3 is 0 Å². The Balaban J connectivity index is 1.58. The number of amides is 1. The number of piperidine rings is 1. The summed E-state index contributed by atoms with van der Waals surface area (Å²) in [5.41, 5.74) is 1.26. The molecule has 1 N–H and O–H groups in total. The molecule has 0 bridgehead atoms. The van der Waals surface area contributed by atoms with E-state index >= 15 is 0 Å². The Morgan fingerprint density at radius 3 is 2.78 bits per heavy atom. The minimum atomic E-state index is -2.62. The van der Waals surface area contributed by atoms with Gasteiger partial charge in [-0.3, -0.25) is 4.79 Å². The Hall–Kier alpha value is -2.23. The van der Waals surface area contributed by atoms with Crippen molar-refractivity contribution < 1.29 is 13.6 Å². The first-order chi connectivity index (χ1) is 11.1. The highest BCUT2D eigenvalue weighted by molar-refractivity contribution is 7.13. The van der Waals surface area contributed by atoms with E-state index in [4.69, 9.17) is 0 Å². The zero-order chi connectivity index (χ0) is 16.2. The largest absolute Gasteiger partial charge is 0.356 e. The lowest BCUT2D eigenvalue weighted by Gasteiger charge is -2.32. The number of anilines is 2. The number of rotatable bonds is 4. The smallest absolute Gasteiger partial charge is 0.280 e. The van der Waals surface area contributed by atoms with Gasteiger partial charge in [0.05, 0.1) is 0 Å². The van der Waals surface area contributed by atoms with Crippen molar-refractivity contribution in [3.05, 3.63) is 23.6 Å². The molecule has 2 aromatic rings. The lowest BCUT2D eigenvalue weighted by atomic mass is 9.96. The van der Waals surface area contributed by atoms with Gasteiger partial charge in [-0.1, -0.05) is 11.3 Å². The van der Waals surface area contributed by atoms with Gasteiger partial charge in [0.1, 0.15) is 23.3 Å². The Bertz CT molecular complexity index is 660. The van der Waals surface area contributed by atoms with Crippen molar-refractivity contribution in [1.29, 1.82) is 0 Å². The van der Waals surface area contributed by atoms with E-state index in [0.717, 1.165) is 6.33 Å². The molecule has 7 nitrogen and oxygen atoms in total. The maximum absolute atomic E-state index is 12.7.